The van der Waals surface area contributed by atoms with Gasteiger partial charge < -0.3 is 10.1 Å². The molecule has 116 valence electrons. The number of carbonyl (C=O) groups is 1. The lowest BCUT2D eigenvalue weighted by molar-refractivity contribution is -0.137. The summed E-state index contributed by atoms with van der Waals surface area (Å²) in [5.41, 5.74) is -0.133. The Morgan fingerprint density at radius 2 is 1.81 bits per heavy atom. The van der Waals surface area contributed by atoms with Crippen LogP contribution in [0.3, 0.4) is 0 Å². The van der Waals surface area contributed by atoms with Gasteiger partial charge in [0.15, 0.2) is 5.78 Å². The van der Waals surface area contributed by atoms with Gasteiger partial charge >= 0.3 is 6.18 Å². The first-order valence-corrected chi connectivity index (χ1v) is 6.95. The van der Waals surface area contributed by atoms with E-state index in [4.69, 9.17) is 4.74 Å². The first-order valence-electron chi connectivity index (χ1n) is 6.95. The van der Waals surface area contributed by atoms with Crippen molar-refractivity contribution in [2.24, 2.45) is 0 Å². The molecule has 0 amide bonds. The number of benzene rings is 1. The van der Waals surface area contributed by atoms with Gasteiger partial charge in [0.25, 0.3) is 0 Å². The third kappa shape index (κ3) is 5.13. The van der Waals surface area contributed by atoms with Crippen molar-refractivity contribution in [3.05, 3.63) is 35.4 Å². The lowest BCUT2D eigenvalue weighted by Gasteiger charge is -2.22. The van der Waals surface area contributed by atoms with Crippen molar-refractivity contribution < 1.29 is 22.7 Å². The van der Waals surface area contributed by atoms with Crippen LogP contribution in [-0.4, -0.2) is 31.6 Å². The molecule has 0 aromatic heterocycles. The minimum Gasteiger partial charge on any atom is -0.370 e. The van der Waals surface area contributed by atoms with Crippen molar-refractivity contribution >= 4 is 5.78 Å². The molecular weight excluding hydrogens is 283 g/mol. The molecule has 1 N–H and O–H groups in total. The summed E-state index contributed by atoms with van der Waals surface area (Å²) in [7, 11) is 0. The zero-order chi connectivity index (χ0) is 15.3. The molecule has 3 nitrogen and oxygen atoms in total. The summed E-state index contributed by atoms with van der Waals surface area (Å²) in [6.07, 6.45) is -2.38. The van der Waals surface area contributed by atoms with E-state index in [1.54, 1.807) is 0 Å². The van der Waals surface area contributed by atoms with E-state index in [0.717, 1.165) is 38.1 Å². The summed E-state index contributed by atoms with van der Waals surface area (Å²) in [4.78, 5) is 11.8. The summed E-state index contributed by atoms with van der Waals surface area (Å²) < 4.78 is 42.8. The van der Waals surface area contributed by atoms with Crippen molar-refractivity contribution in [1.29, 1.82) is 0 Å². The molecule has 1 aromatic carbocycles. The zero-order valence-corrected chi connectivity index (χ0v) is 11.6. The van der Waals surface area contributed by atoms with E-state index in [9.17, 15) is 18.0 Å². The maximum atomic E-state index is 12.4. The highest BCUT2D eigenvalue weighted by Crippen LogP contribution is 2.29. The summed E-state index contributed by atoms with van der Waals surface area (Å²) in [5.74, 6) is -0.117. The molecule has 0 unspecified atom stereocenters. The molecule has 1 fully saturated rings. The number of ketones is 1. The van der Waals surface area contributed by atoms with E-state index in [2.05, 4.69) is 5.32 Å². The first-order chi connectivity index (χ1) is 9.95. The van der Waals surface area contributed by atoms with Crippen molar-refractivity contribution in [2.45, 2.75) is 31.5 Å². The molecule has 0 radical (unpaired) electrons. The maximum Gasteiger partial charge on any atom is 0.416 e. The molecule has 1 heterocycles. The largest absolute Gasteiger partial charge is 0.416 e. The molecule has 0 spiro atoms. The van der Waals surface area contributed by atoms with Crippen LogP contribution in [0.15, 0.2) is 24.3 Å². The minimum absolute atomic E-state index is 0.0195. The van der Waals surface area contributed by atoms with Gasteiger partial charge in [0.05, 0.1) is 11.7 Å². The molecule has 6 heteroatoms. The summed E-state index contributed by atoms with van der Waals surface area (Å²) >= 11 is 0. The summed E-state index contributed by atoms with van der Waals surface area (Å²) in [5, 5.41) is 3.20. The molecule has 1 aliphatic heterocycles. The van der Waals surface area contributed by atoms with Crippen LogP contribution < -0.4 is 5.32 Å². The van der Waals surface area contributed by atoms with Crippen LogP contribution in [0, 0.1) is 0 Å². The third-order valence-electron chi connectivity index (χ3n) is 3.45. The molecule has 0 atom stereocenters. The van der Waals surface area contributed by atoms with Gasteiger partial charge in [-0.3, -0.25) is 4.79 Å². The second kappa shape index (κ2) is 7.04. The number of carbonyl (C=O) groups excluding carboxylic acids is 1. The van der Waals surface area contributed by atoms with E-state index >= 15 is 0 Å². The number of rotatable bonds is 5. The van der Waals surface area contributed by atoms with Gasteiger partial charge in [-0.25, -0.2) is 0 Å². The number of halogens is 3. The zero-order valence-electron chi connectivity index (χ0n) is 11.6. The van der Waals surface area contributed by atoms with Gasteiger partial charge in [-0.1, -0.05) is 12.1 Å². The minimum atomic E-state index is -4.35. The van der Waals surface area contributed by atoms with Crippen LogP contribution in [0.4, 0.5) is 13.2 Å². The monoisotopic (exact) mass is 301 g/mol. The highest BCUT2D eigenvalue weighted by atomic mass is 19.4. The maximum absolute atomic E-state index is 12.4. The molecule has 1 aliphatic rings. The average Bonchev–Trinajstić information content (AvgIpc) is 2.46. The summed E-state index contributed by atoms with van der Waals surface area (Å²) in [6, 6.07) is 4.67. The smallest absolute Gasteiger partial charge is 0.370 e. The fraction of sp³-hybridized carbons (Fsp3) is 0.533. The fourth-order valence-electron chi connectivity index (χ4n) is 2.26. The van der Waals surface area contributed by atoms with Crippen molar-refractivity contribution in [1.82, 2.24) is 5.32 Å². The molecule has 0 aliphatic carbocycles. The predicted molar refractivity (Wildman–Crippen MR) is 72.0 cm³/mol. The molecule has 2 rings (SSSR count). The van der Waals surface area contributed by atoms with Gasteiger partial charge in [-0.15, -0.1) is 0 Å². The Balaban J connectivity index is 1.79. The Labute approximate surface area is 121 Å². The Hall–Kier alpha value is -1.40. The van der Waals surface area contributed by atoms with Crippen molar-refractivity contribution in [3.63, 3.8) is 0 Å². The molecule has 1 saturated heterocycles. The average molecular weight is 301 g/mol. The van der Waals surface area contributed by atoms with Gasteiger partial charge in [-0.2, -0.15) is 13.2 Å². The topological polar surface area (TPSA) is 38.3 Å². The van der Waals surface area contributed by atoms with E-state index in [-0.39, 0.29) is 24.9 Å². The Kier molecular flexibility index (Phi) is 5.36. The fourth-order valence-corrected chi connectivity index (χ4v) is 2.26. The molecule has 0 saturated carbocycles. The molecule has 0 bridgehead atoms. The van der Waals surface area contributed by atoms with Crippen LogP contribution in [0.2, 0.25) is 0 Å². The number of hydrogen-bond acceptors (Lipinski definition) is 3. The van der Waals surface area contributed by atoms with Crippen LogP contribution in [0.5, 0.6) is 0 Å². The first kappa shape index (κ1) is 16.0. The number of nitrogens with one attached hydrogen (secondary N) is 1. The van der Waals surface area contributed by atoms with Crippen LogP contribution in [0.1, 0.15) is 24.0 Å². The normalized spacial score (nSPS) is 16.9. The Morgan fingerprint density at radius 3 is 2.38 bits per heavy atom. The second-order valence-corrected chi connectivity index (χ2v) is 5.17. The number of hydrogen-bond donors (Lipinski definition) is 1. The molecule has 1 aromatic rings. The van der Waals surface area contributed by atoms with Crippen LogP contribution in [0.25, 0.3) is 0 Å². The second-order valence-electron chi connectivity index (χ2n) is 5.17. The van der Waals surface area contributed by atoms with E-state index < -0.39 is 11.7 Å². The lowest BCUT2D eigenvalue weighted by atomic mass is 10.1. The van der Waals surface area contributed by atoms with Crippen LogP contribution in [-0.2, 0) is 22.1 Å². The molecule has 21 heavy (non-hydrogen) atoms. The quantitative estimate of drug-likeness (QED) is 0.908. The lowest BCUT2D eigenvalue weighted by Crippen LogP contribution is -2.33. The third-order valence-corrected chi connectivity index (χ3v) is 3.45. The van der Waals surface area contributed by atoms with Gasteiger partial charge in [0, 0.05) is 6.42 Å². The standard InChI is InChI=1S/C15H18F3NO2/c16-15(17,18)12-3-1-11(2-4-12)9-13(20)10-21-14-5-7-19-8-6-14/h1-4,14,19H,5-10H2. The van der Waals surface area contributed by atoms with E-state index in [1.807, 2.05) is 0 Å². The van der Waals surface area contributed by atoms with Gasteiger partial charge in [0.2, 0.25) is 0 Å². The number of alkyl halides is 3. The number of piperidine rings is 1. The van der Waals surface area contributed by atoms with Crippen molar-refractivity contribution in [3.8, 4) is 0 Å². The van der Waals surface area contributed by atoms with E-state index in [1.165, 1.54) is 12.1 Å². The van der Waals surface area contributed by atoms with Gasteiger partial charge in [-0.05, 0) is 43.6 Å². The Morgan fingerprint density at radius 1 is 1.19 bits per heavy atom. The van der Waals surface area contributed by atoms with Gasteiger partial charge in [0.1, 0.15) is 6.61 Å². The summed E-state index contributed by atoms with van der Waals surface area (Å²) in [6.45, 7) is 1.79. The number of ether oxygens (including phenoxy) is 1. The number of Topliss-reactive ketones (excluding diaryl/α,β-unsaturated/α-hetero) is 1. The molecular formula is C15H18F3NO2. The van der Waals surface area contributed by atoms with Crippen LogP contribution >= 0.6 is 0 Å². The predicted octanol–water partition coefficient (Wildman–Crippen LogP) is 2.59. The SMILES string of the molecule is O=C(COC1CCNCC1)Cc1ccc(C(F)(F)F)cc1. The Bertz CT molecular complexity index is 465. The highest BCUT2D eigenvalue weighted by Gasteiger charge is 2.29. The van der Waals surface area contributed by atoms with E-state index in [0.29, 0.717) is 5.56 Å². The highest BCUT2D eigenvalue weighted by molar-refractivity contribution is 5.82. The van der Waals surface area contributed by atoms with Crippen molar-refractivity contribution in [2.75, 3.05) is 19.7 Å².